The van der Waals surface area contributed by atoms with Crippen LogP contribution in [0.1, 0.15) is 22.3 Å². The van der Waals surface area contributed by atoms with Gasteiger partial charge >= 0.3 is 0 Å². The van der Waals surface area contributed by atoms with Gasteiger partial charge in [-0.25, -0.2) is 9.50 Å². The predicted molar refractivity (Wildman–Crippen MR) is 140 cm³/mol. The Balaban J connectivity index is 1.33. The smallest absolute Gasteiger partial charge is 0.276 e. The Bertz CT molecular complexity index is 1400. The molecule has 0 bridgehead atoms. The molecular formula is C27H30N6O4. The standard InChI is InChI=1S/C27H30N6O4/c1-31-12-14-32(15-13-31)27(35)18-4-7-20(8-5-18)29-26(34)21-17-25-28-11-10-22(33(25)30-21)19-6-9-23(36-2)24(16-19)37-3/h4-11,16-17,27,35H,12-15H2,1-3H3,(H,29,34). The molecule has 3 heterocycles. The van der Waals surface area contributed by atoms with Gasteiger partial charge < -0.3 is 24.8 Å². The van der Waals surface area contributed by atoms with Crippen LogP contribution in [0.2, 0.25) is 0 Å². The Morgan fingerprint density at radius 2 is 1.70 bits per heavy atom. The van der Waals surface area contributed by atoms with Gasteiger partial charge in [-0.1, -0.05) is 12.1 Å². The van der Waals surface area contributed by atoms with Crippen LogP contribution in [0.25, 0.3) is 16.9 Å². The van der Waals surface area contributed by atoms with Crippen molar-refractivity contribution >= 4 is 17.2 Å². The van der Waals surface area contributed by atoms with E-state index < -0.39 is 6.23 Å². The summed E-state index contributed by atoms with van der Waals surface area (Å²) in [6, 6.07) is 16.3. The van der Waals surface area contributed by atoms with Crippen LogP contribution in [0.4, 0.5) is 5.69 Å². The number of hydrogen-bond acceptors (Lipinski definition) is 8. The SMILES string of the molecule is COc1ccc(-c2ccnc3cc(C(=O)Nc4ccc(C(O)N5CCN(C)CC5)cc4)nn23)cc1OC. The Morgan fingerprint density at radius 1 is 0.973 bits per heavy atom. The maximum absolute atomic E-state index is 13.0. The summed E-state index contributed by atoms with van der Waals surface area (Å²) in [7, 11) is 5.25. The number of nitrogens with zero attached hydrogens (tertiary/aromatic N) is 5. The molecular weight excluding hydrogens is 472 g/mol. The number of carbonyl (C=O) groups is 1. The van der Waals surface area contributed by atoms with E-state index in [-0.39, 0.29) is 11.6 Å². The molecule has 0 aliphatic carbocycles. The van der Waals surface area contributed by atoms with Crippen LogP contribution in [0, 0.1) is 0 Å². The third kappa shape index (κ3) is 5.12. The van der Waals surface area contributed by atoms with Gasteiger partial charge in [0.2, 0.25) is 0 Å². The van der Waals surface area contributed by atoms with Crippen molar-refractivity contribution < 1.29 is 19.4 Å². The number of ether oxygens (including phenoxy) is 2. The molecule has 1 fully saturated rings. The Morgan fingerprint density at radius 3 is 2.41 bits per heavy atom. The van der Waals surface area contributed by atoms with Crippen molar-refractivity contribution in [3.63, 3.8) is 0 Å². The first-order valence-electron chi connectivity index (χ1n) is 12.1. The number of nitrogens with one attached hydrogen (secondary N) is 1. The van der Waals surface area contributed by atoms with Crippen molar-refractivity contribution in [1.29, 1.82) is 0 Å². The van der Waals surface area contributed by atoms with Crippen LogP contribution in [0.15, 0.2) is 60.8 Å². The quantitative estimate of drug-likeness (QED) is 0.398. The van der Waals surface area contributed by atoms with Gasteiger partial charge in [0.15, 0.2) is 22.8 Å². The minimum absolute atomic E-state index is 0.238. The normalized spacial score (nSPS) is 15.5. The van der Waals surface area contributed by atoms with E-state index in [2.05, 4.69) is 27.3 Å². The van der Waals surface area contributed by atoms with Crippen LogP contribution >= 0.6 is 0 Å². The molecule has 1 amide bonds. The number of likely N-dealkylation sites (N-methyl/N-ethyl adjacent to an activating group) is 1. The number of aromatic nitrogens is 3. The molecule has 0 spiro atoms. The molecule has 2 aromatic heterocycles. The van der Waals surface area contributed by atoms with Gasteiger partial charge in [0.25, 0.3) is 5.91 Å². The van der Waals surface area contributed by atoms with E-state index in [0.717, 1.165) is 43.0 Å². The first-order chi connectivity index (χ1) is 18.0. The summed E-state index contributed by atoms with van der Waals surface area (Å²) in [5.41, 5.74) is 3.79. The summed E-state index contributed by atoms with van der Waals surface area (Å²) in [6.07, 6.45) is 1.01. The van der Waals surface area contributed by atoms with E-state index >= 15 is 0 Å². The van der Waals surface area contributed by atoms with Crippen LogP contribution in [-0.4, -0.2) is 82.9 Å². The third-order valence-electron chi connectivity index (χ3n) is 6.62. The lowest BCUT2D eigenvalue weighted by Crippen LogP contribution is -2.45. The second kappa shape index (κ2) is 10.6. The van der Waals surface area contributed by atoms with E-state index in [0.29, 0.717) is 22.8 Å². The van der Waals surface area contributed by atoms with Crippen molar-refractivity contribution in [2.75, 3.05) is 52.8 Å². The van der Waals surface area contributed by atoms with Crippen molar-refractivity contribution in [1.82, 2.24) is 24.4 Å². The molecule has 2 aromatic carbocycles. The molecule has 1 atom stereocenters. The highest BCUT2D eigenvalue weighted by Crippen LogP contribution is 2.32. The molecule has 10 nitrogen and oxygen atoms in total. The number of piperazine rings is 1. The molecule has 2 N–H and O–H groups in total. The summed E-state index contributed by atoms with van der Waals surface area (Å²) in [5.74, 6) is 0.867. The number of aliphatic hydroxyl groups excluding tert-OH is 1. The average molecular weight is 503 g/mol. The summed E-state index contributed by atoms with van der Waals surface area (Å²) >= 11 is 0. The lowest BCUT2D eigenvalue weighted by atomic mass is 10.1. The van der Waals surface area contributed by atoms with E-state index in [1.165, 1.54) is 0 Å². The Labute approximate surface area is 215 Å². The largest absolute Gasteiger partial charge is 0.493 e. The van der Waals surface area contributed by atoms with E-state index in [1.807, 2.05) is 41.3 Å². The average Bonchev–Trinajstić information content (AvgIpc) is 3.38. The van der Waals surface area contributed by atoms with Crippen LogP contribution < -0.4 is 14.8 Å². The summed E-state index contributed by atoms with van der Waals surface area (Å²) < 4.78 is 12.4. The highest BCUT2D eigenvalue weighted by molar-refractivity contribution is 6.03. The lowest BCUT2D eigenvalue weighted by Gasteiger charge is -2.35. The van der Waals surface area contributed by atoms with E-state index in [9.17, 15) is 9.90 Å². The van der Waals surface area contributed by atoms with Crippen molar-refractivity contribution in [3.8, 4) is 22.8 Å². The first kappa shape index (κ1) is 24.7. The van der Waals surface area contributed by atoms with Crippen molar-refractivity contribution in [3.05, 3.63) is 72.1 Å². The molecule has 0 radical (unpaired) electrons. The summed E-state index contributed by atoms with van der Waals surface area (Å²) in [4.78, 5) is 21.7. The predicted octanol–water partition coefficient (Wildman–Crippen LogP) is 2.90. The molecule has 192 valence electrons. The minimum Gasteiger partial charge on any atom is -0.493 e. The summed E-state index contributed by atoms with van der Waals surface area (Å²) in [6.45, 7) is 3.46. The third-order valence-corrected chi connectivity index (χ3v) is 6.62. The molecule has 1 saturated heterocycles. The van der Waals surface area contributed by atoms with Crippen LogP contribution in [0.3, 0.4) is 0 Å². The van der Waals surface area contributed by atoms with Crippen molar-refractivity contribution in [2.24, 2.45) is 0 Å². The zero-order chi connectivity index (χ0) is 25.9. The number of anilines is 1. The van der Waals surface area contributed by atoms with Crippen molar-refractivity contribution in [2.45, 2.75) is 6.23 Å². The fourth-order valence-corrected chi connectivity index (χ4v) is 4.43. The van der Waals surface area contributed by atoms with Gasteiger partial charge in [0, 0.05) is 49.7 Å². The molecule has 37 heavy (non-hydrogen) atoms. The van der Waals surface area contributed by atoms with Crippen LogP contribution in [0.5, 0.6) is 11.5 Å². The highest BCUT2D eigenvalue weighted by atomic mass is 16.5. The van der Waals surface area contributed by atoms with Gasteiger partial charge in [-0.3, -0.25) is 9.69 Å². The van der Waals surface area contributed by atoms with Crippen LogP contribution in [-0.2, 0) is 0 Å². The van der Waals surface area contributed by atoms with E-state index in [4.69, 9.17) is 9.47 Å². The maximum Gasteiger partial charge on any atom is 0.276 e. The van der Waals surface area contributed by atoms with Gasteiger partial charge in [0.05, 0.1) is 19.9 Å². The minimum atomic E-state index is -0.669. The lowest BCUT2D eigenvalue weighted by molar-refractivity contribution is -0.0232. The number of benzene rings is 2. The zero-order valence-corrected chi connectivity index (χ0v) is 21.1. The molecule has 4 aromatic rings. The van der Waals surface area contributed by atoms with Gasteiger partial charge in [0.1, 0.15) is 6.23 Å². The van der Waals surface area contributed by atoms with Gasteiger partial charge in [-0.05, 0) is 49.0 Å². The molecule has 1 unspecified atom stereocenters. The monoisotopic (exact) mass is 502 g/mol. The number of fused-ring (bicyclic) bond motifs is 1. The fraction of sp³-hybridized carbons (Fsp3) is 0.296. The fourth-order valence-electron chi connectivity index (χ4n) is 4.43. The maximum atomic E-state index is 13.0. The Hall–Kier alpha value is -3.99. The number of carbonyl (C=O) groups excluding carboxylic acids is 1. The number of rotatable bonds is 7. The summed E-state index contributed by atoms with van der Waals surface area (Å²) in [5, 5.41) is 18.1. The molecule has 10 heteroatoms. The second-order valence-electron chi connectivity index (χ2n) is 8.99. The second-order valence-corrected chi connectivity index (χ2v) is 8.99. The Kier molecular flexibility index (Phi) is 7.04. The first-order valence-corrected chi connectivity index (χ1v) is 12.1. The highest BCUT2D eigenvalue weighted by Gasteiger charge is 2.22. The molecule has 1 aliphatic rings. The number of hydrogen-bond donors (Lipinski definition) is 2. The molecule has 0 saturated carbocycles. The molecule has 1 aliphatic heterocycles. The number of amides is 1. The molecule has 5 rings (SSSR count). The number of methoxy groups -OCH3 is 2. The zero-order valence-electron chi connectivity index (χ0n) is 21.1. The van der Waals surface area contributed by atoms with Gasteiger partial charge in [-0.15, -0.1) is 0 Å². The van der Waals surface area contributed by atoms with Gasteiger partial charge in [-0.2, -0.15) is 5.10 Å². The van der Waals surface area contributed by atoms with E-state index in [1.54, 1.807) is 43.1 Å². The number of aliphatic hydroxyl groups is 1. The topological polar surface area (TPSA) is 104 Å².